The molecule has 1 aliphatic carbocycles. The van der Waals surface area contributed by atoms with Crippen molar-refractivity contribution in [2.75, 3.05) is 13.2 Å². The lowest BCUT2D eigenvalue weighted by Crippen LogP contribution is -2.35. The molecule has 0 aromatic heterocycles. The molecule has 2 N–H and O–H groups in total. The number of ether oxygens (including phenoxy) is 1. The lowest BCUT2D eigenvalue weighted by Gasteiger charge is -2.32. The molecule has 0 aromatic rings. The van der Waals surface area contributed by atoms with E-state index in [2.05, 4.69) is 20.8 Å². The monoisotopic (exact) mass is 199 g/mol. The maximum atomic E-state index is 5.97. The summed E-state index contributed by atoms with van der Waals surface area (Å²) in [6.45, 7) is 8.29. The molecule has 0 heterocycles. The van der Waals surface area contributed by atoms with Crippen molar-refractivity contribution in [3.05, 3.63) is 0 Å². The summed E-state index contributed by atoms with van der Waals surface area (Å²) < 4.78 is 5.97. The highest BCUT2D eigenvalue weighted by molar-refractivity contribution is 4.77. The van der Waals surface area contributed by atoms with Crippen LogP contribution in [0.2, 0.25) is 0 Å². The molecular weight excluding hydrogens is 174 g/mol. The molecule has 0 amide bonds. The number of nitrogens with two attached hydrogens (primary N) is 1. The van der Waals surface area contributed by atoms with Crippen molar-refractivity contribution < 1.29 is 4.74 Å². The Bertz CT molecular complexity index is 162. The van der Waals surface area contributed by atoms with Gasteiger partial charge < -0.3 is 10.5 Å². The van der Waals surface area contributed by atoms with Gasteiger partial charge in [-0.15, -0.1) is 0 Å². The molecule has 0 saturated heterocycles. The van der Waals surface area contributed by atoms with Gasteiger partial charge in [0.15, 0.2) is 0 Å². The fraction of sp³-hybridized carbons (Fsp3) is 1.00. The molecule has 1 fully saturated rings. The topological polar surface area (TPSA) is 35.2 Å². The number of rotatable bonds is 3. The van der Waals surface area contributed by atoms with E-state index in [1.807, 2.05) is 0 Å². The summed E-state index contributed by atoms with van der Waals surface area (Å²) >= 11 is 0. The Morgan fingerprint density at radius 3 is 2.43 bits per heavy atom. The summed E-state index contributed by atoms with van der Waals surface area (Å²) in [6, 6.07) is 0. The molecule has 0 bridgehead atoms. The summed E-state index contributed by atoms with van der Waals surface area (Å²) in [6.07, 6.45) is 5.53. The van der Waals surface area contributed by atoms with Gasteiger partial charge in [0.1, 0.15) is 0 Å². The normalized spacial score (nSPS) is 29.1. The summed E-state index contributed by atoms with van der Waals surface area (Å²) in [4.78, 5) is 0. The summed E-state index contributed by atoms with van der Waals surface area (Å²) in [7, 11) is 0. The lowest BCUT2D eigenvalue weighted by atomic mass is 9.86. The van der Waals surface area contributed by atoms with Crippen molar-refractivity contribution >= 4 is 0 Å². The van der Waals surface area contributed by atoms with Crippen LogP contribution in [0.1, 0.15) is 46.5 Å². The smallest absolute Gasteiger partial charge is 0.0615 e. The van der Waals surface area contributed by atoms with Crippen LogP contribution in [0, 0.1) is 11.3 Å². The van der Waals surface area contributed by atoms with Gasteiger partial charge in [0.2, 0.25) is 0 Å². The average Bonchev–Trinajstić information content (AvgIpc) is 2.14. The highest BCUT2D eigenvalue weighted by Gasteiger charge is 2.25. The third-order valence-electron chi connectivity index (χ3n) is 2.87. The van der Waals surface area contributed by atoms with E-state index in [0.717, 1.165) is 13.2 Å². The minimum absolute atomic E-state index is 0.274. The molecular formula is C12H25NO. The van der Waals surface area contributed by atoms with E-state index in [0.29, 0.717) is 12.0 Å². The number of hydrogen-bond donors (Lipinski definition) is 1. The quantitative estimate of drug-likeness (QED) is 0.758. The molecule has 2 atom stereocenters. The van der Waals surface area contributed by atoms with Crippen LogP contribution in [0.15, 0.2) is 0 Å². The molecule has 2 unspecified atom stereocenters. The van der Waals surface area contributed by atoms with E-state index in [9.17, 15) is 0 Å². The Morgan fingerprint density at radius 2 is 1.86 bits per heavy atom. The Morgan fingerprint density at radius 1 is 1.21 bits per heavy atom. The van der Waals surface area contributed by atoms with Crippen LogP contribution in [0.4, 0.5) is 0 Å². The first-order valence-electron chi connectivity index (χ1n) is 5.84. The van der Waals surface area contributed by atoms with Crippen LogP contribution < -0.4 is 5.73 Å². The second-order valence-electron chi connectivity index (χ2n) is 5.69. The van der Waals surface area contributed by atoms with Crippen LogP contribution in [0.25, 0.3) is 0 Å². The van der Waals surface area contributed by atoms with Gasteiger partial charge in [-0.3, -0.25) is 0 Å². The largest absolute Gasteiger partial charge is 0.377 e. The van der Waals surface area contributed by atoms with Crippen LogP contribution >= 0.6 is 0 Å². The fourth-order valence-electron chi connectivity index (χ4n) is 2.02. The minimum Gasteiger partial charge on any atom is -0.377 e. The first-order valence-corrected chi connectivity index (χ1v) is 5.84. The molecule has 0 spiro atoms. The number of hydrogen-bond acceptors (Lipinski definition) is 2. The van der Waals surface area contributed by atoms with Gasteiger partial charge in [-0.25, -0.2) is 0 Å². The molecule has 2 nitrogen and oxygen atoms in total. The van der Waals surface area contributed by atoms with Crippen molar-refractivity contribution in [1.82, 2.24) is 0 Å². The summed E-state index contributed by atoms with van der Waals surface area (Å²) in [5, 5.41) is 0. The van der Waals surface area contributed by atoms with Crippen LogP contribution in [0.5, 0.6) is 0 Å². The van der Waals surface area contributed by atoms with Crippen molar-refractivity contribution in [3.63, 3.8) is 0 Å². The van der Waals surface area contributed by atoms with Gasteiger partial charge >= 0.3 is 0 Å². The van der Waals surface area contributed by atoms with Gasteiger partial charge in [0.25, 0.3) is 0 Å². The molecule has 0 aliphatic heterocycles. The standard InChI is InChI=1S/C12H25NO/c1-12(2,3)9-14-11-7-5-4-6-10(11)8-13/h10-11H,4-9,13H2,1-3H3. The summed E-state index contributed by atoms with van der Waals surface area (Å²) in [5.41, 5.74) is 6.03. The summed E-state index contributed by atoms with van der Waals surface area (Å²) in [5.74, 6) is 0.603. The molecule has 2 heteroatoms. The van der Waals surface area contributed by atoms with E-state index in [4.69, 9.17) is 10.5 Å². The highest BCUT2D eigenvalue weighted by atomic mass is 16.5. The van der Waals surface area contributed by atoms with Gasteiger partial charge in [-0.05, 0) is 30.7 Å². The molecule has 14 heavy (non-hydrogen) atoms. The Kier molecular flexibility index (Phi) is 4.39. The van der Waals surface area contributed by atoms with Crippen molar-refractivity contribution in [1.29, 1.82) is 0 Å². The lowest BCUT2D eigenvalue weighted by molar-refractivity contribution is -0.0384. The zero-order valence-corrected chi connectivity index (χ0v) is 9.88. The average molecular weight is 199 g/mol. The molecule has 1 aliphatic rings. The maximum Gasteiger partial charge on any atom is 0.0615 e. The van der Waals surface area contributed by atoms with Crippen molar-refractivity contribution in [2.24, 2.45) is 17.1 Å². The molecule has 0 radical (unpaired) electrons. The SMILES string of the molecule is CC(C)(C)COC1CCCCC1CN. The van der Waals surface area contributed by atoms with Crippen molar-refractivity contribution in [3.8, 4) is 0 Å². The van der Waals surface area contributed by atoms with E-state index < -0.39 is 0 Å². The van der Waals surface area contributed by atoms with E-state index in [-0.39, 0.29) is 5.41 Å². The molecule has 1 rings (SSSR count). The maximum absolute atomic E-state index is 5.97. The van der Waals surface area contributed by atoms with E-state index >= 15 is 0 Å². The van der Waals surface area contributed by atoms with E-state index in [1.165, 1.54) is 25.7 Å². The van der Waals surface area contributed by atoms with Crippen LogP contribution in [-0.4, -0.2) is 19.3 Å². The second kappa shape index (κ2) is 5.13. The Hall–Kier alpha value is -0.0800. The predicted octanol–water partition coefficient (Wildman–Crippen LogP) is 2.57. The third kappa shape index (κ3) is 3.97. The molecule has 1 saturated carbocycles. The molecule has 0 aromatic carbocycles. The first-order chi connectivity index (χ1) is 6.53. The van der Waals surface area contributed by atoms with Crippen LogP contribution in [-0.2, 0) is 4.74 Å². The van der Waals surface area contributed by atoms with Gasteiger partial charge in [-0.1, -0.05) is 33.6 Å². The highest BCUT2D eigenvalue weighted by Crippen LogP contribution is 2.27. The Labute approximate surface area is 88.2 Å². The van der Waals surface area contributed by atoms with E-state index in [1.54, 1.807) is 0 Å². The minimum atomic E-state index is 0.274. The van der Waals surface area contributed by atoms with Gasteiger partial charge in [0.05, 0.1) is 12.7 Å². The Balaban J connectivity index is 2.33. The van der Waals surface area contributed by atoms with Crippen molar-refractivity contribution in [2.45, 2.75) is 52.6 Å². The van der Waals surface area contributed by atoms with Crippen LogP contribution in [0.3, 0.4) is 0 Å². The second-order valence-corrected chi connectivity index (χ2v) is 5.69. The third-order valence-corrected chi connectivity index (χ3v) is 2.87. The van der Waals surface area contributed by atoms with Gasteiger partial charge in [-0.2, -0.15) is 0 Å². The van der Waals surface area contributed by atoms with Gasteiger partial charge in [0, 0.05) is 0 Å². The predicted molar refractivity (Wildman–Crippen MR) is 60.2 cm³/mol. The zero-order valence-electron chi connectivity index (χ0n) is 9.88. The molecule has 84 valence electrons. The fourth-order valence-corrected chi connectivity index (χ4v) is 2.02. The zero-order chi connectivity index (χ0) is 10.6. The first kappa shape index (κ1) is 12.0.